The molecule has 1 aromatic rings. The highest BCUT2D eigenvalue weighted by Gasteiger charge is 2.10. The third kappa shape index (κ3) is 6.66. The number of sulfone groups is 1. The van der Waals surface area contributed by atoms with Gasteiger partial charge in [0.05, 0.1) is 5.75 Å². The van der Waals surface area contributed by atoms with Gasteiger partial charge < -0.3 is 15.8 Å². The molecule has 1 unspecified atom stereocenters. The van der Waals surface area contributed by atoms with Gasteiger partial charge in [-0.05, 0) is 31.2 Å². The Hall–Kier alpha value is -1.76. The molecule has 0 aliphatic rings. The molecule has 0 aliphatic carbocycles. The molecule has 0 aliphatic heterocycles. The van der Waals surface area contributed by atoms with Crippen molar-refractivity contribution in [1.29, 1.82) is 0 Å². The molecule has 0 fully saturated rings. The fraction of sp³-hybridized carbons (Fsp3) is 0.417. The molecule has 0 aromatic heterocycles. The summed E-state index contributed by atoms with van der Waals surface area (Å²) in [6.45, 7) is 1.62. The summed E-state index contributed by atoms with van der Waals surface area (Å²) >= 11 is 0. The van der Waals surface area contributed by atoms with Crippen molar-refractivity contribution in [2.45, 2.75) is 13.0 Å². The van der Waals surface area contributed by atoms with E-state index in [-0.39, 0.29) is 18.4 Å². The summed E-state index contributed by atoms with van der Waals surface area (Å²) in [6, 6.07) is 6.66. The van der Waals surface area contributed by atoms with Crippen LogP contribution in [0.3, 0.4) is 0 Å². The van der Waals surface area contributed by atoms with E-state index >= 15 is 0 Å². The predicted octanol–water partition coefficient (Wildman–Crippen LogP) is 0.396. The fourth-order valence-electron chi connectivity index (χ4n) is 1.58. The number of nitrogens with two attached hydrogens (primary N) is 1. The van der Waals surface area contributed by atoms with Crippen LogP contribution in [0.15, 0.2) is 24.3 Å². The SMILES string of the molecule is CC(CS(C)(=O)=O)Nc1ccc(OCC(N)=O)cc1. The maximum Gasteiger partial charge on any atom is 0.255 e. The summed E-state index contributed by atoms with van der Waals surface area (Å²) in [4.78, 5) is 10.5. The molecule has 0 spiro atoms. The van der Waals surface area contributed by atoms with Crippen LogP contribution in [0, 0.1) is 0 Å². The van der Waals surface area contributed by atoms with Crippen LogP contribution in [0.5, 0.6) is 5.75 Å². The van der Waals surface area contributed by atoms with Gasteiger partial charge in [-0.2, -0.15) is 0 Å². The number of rotatable bonds is 7. The Labute approximate surface area is 112 Å². The first-order valence-corrected chi connectivity index (χ1v) is 7.78. The third-order valence-corrected chi connectivity index (χ3v) is 3.31. The number of benzene rings is 1. The van der Waals surface area contributed by atoms with E-state index in [1.54, 1.807) is 31.2 Å². The van der Waals surface area contributed by atoms with Crippen LogP contribution >= 0.6 is 0 Å². The van der Waals surface area contributed by atoms with E-state index < -0.39 is 15.7 Å². The molecular weight excluding hydrogens is 268 g/mol. The fourth-order valence-corrected chi connectivity index (χ4v) is 2.57. The van der Waals surface area contributed by atoms with Crippen LogP contribution in [0.25, 0.3) is 0 Å². The standard InChI is InChI=1S/C12H18N2O4S/c1-9(8-19(2,16)17)14-10-3-5-11(6-4-10)18-7-12(13)15/h3-6,9,14H,7-8H2,1-2H3,(H2,13,15). The van der Waals surface area contributed by atoms with Gasteiger partial charge >= 0.3 is 0 Å². The lowest BCUT2D eigenvalue weighted by molar-refractivity contribution is -0.119. The van der Waals surface area contributed by atoms with Gasteiger partial charge in [-0.3, -0.25) is 4.79 Å². The van der Waals surface area contributed by atoms with Crippen LogP contribution in [0.1, 0.15) is 6.92 Å². The predicted molar refractivity (Wildman–Crippen MR) is 73.9 cm³/mol. The van der Waals surface area contributed by atoms with Gasteiger partial charge in [0, 0.05) is 18.0 Å². The van der Waals surface area contributed by atoms with Crippen molar-refractivity contribution in [2.24, 2.45) is 5.73 Å². The number of nitrogens with one attached hydrogen (secondary N) is 1. The summed E-state index contributed by atoms with van der Waals surface area (Å²) in [7, 11) is -3.01. The normalized spacial score (nSPS) is 12.7. The molecule has 0 heterocycles. The molecule has 7 heteroatoms. The Bertz CT molecular complexity index is 525. The Morgan fingerprint density at radius 1 is 1.37 bits per heavy atom. The van der Waals surface area contributed by atoms with Gasteiger partial charge in [-0.1, -0.05) is 0 Å². The largest absolute Gasteiger partial charge is 0.484 e. The first-order chi connectivity index (χ1) is 8.76. The minimum atomic E-state index is -3.01. The quantitative estimate of drug-likeness (QED) is 0.755. The van der Waals surface area contributed by atoms with E-state index in [2.05, 4.69) is 5.32 Å². The van der Waals surface area contributed by atoms with Crippen LogP contribution in [0.4, 0.5) is 5.69 Å². The molecular formula is C12H18N2O4S. The van der Waals surface area contributed by atoms with Crippen molar-refractivity contribution in [3.8, 4) is 5.75 Å². The van der Waals surface area contributed by atoms with E-state index in [0.717, 1.165) is 5.69 Å². The van der Waals surface area contributed by atoms with Crippen molar-refractivity contribution in [1.82, 2.24) is 0 Å². The van der Waals surface area contributed by atoms with Gasteiger partial charge in [0.25, 0.3) is 5.91 Å². The number of amides is 1. The number of ether oxygens (including phenoxy) is 1. The number of carbonyl (C=O) groups excluding carboxylic acids is 1. The van der Waals surface area contributed by atoms with Crippen molar-refractivity contribution in [3.63, 3.8) is 0 Å². The second kappa shape index (κ2) is 6.42. The zero-order valence-electron chi connectivity index (χ0n) is 10.9. The Balaban J connectivity index is 2.54. The molecule has 19 heavy (non-hydrogen) atoms. The second-order valence-electron chi connectivity index (χ2n) is 4.42. The van der Waals surface area contributed by atoms with Crippen molar-refractivity contribution in [2.75, 3.05) is 23.9 Å². The van der Waals surface area contributed by atoms with Crippen LogP contribution in [-0.4, -0.2) is 39.0 Å². The summed E-state index contributed by atoms with van der Waals surface area (Å²) in [5.74, 6) is 0.0523. The van der Waals surface area contributed by atoms with Crippen LogP contribution < -0.4 is 15.8 Å². The first kappa shape index (κ1) is 15.3. The van der Waals surface area contributed by atoms with E-state index in [0.29, 0.717) is 5.75 Å². The molecule has 1 aromatic carbocycles. The Kier molecular flexibility index (Phi) is 5.17. The first-order valence-electron chi connectivity index (χ1n) is 5.72. The molecule has 3 N–H and O–H groups in total. The number of hydrogen-bond acceptors (Lipinski definition) is 5. The monoisotopic (exact) mass is 286 g/mol. The highest BCUT2D eigenvalue weighted by molar-refractivity contribution is 7.90. The smallest absolute Gasteiger partial charge is 0.255 e. The maximum absolute atomic E-state index is 11.1. The highest BCUT2D eigenvalue weighted by Crippen LogP contribution is 2.16. The van der Waals surface area contributed by atoms with E-state index in [1.807, 2.05) is 0 Å². The van der Waals surface area contributed by atoms with Gasteiger partial charge in [0.15, 0.2) is 6.61 Å². The van der Waals surface area contributed by atoms with Gasteiger partial charge in [-0.15, -0.1) is 0 Å². The van der Waals surface area contributed by atoms with Gasteiger partial charge in [0.1, 0.15) is 15.6 Å². The zero-order chi connectivity index (χ0) is 14.5. The Morgan fingerprint density at radius 2 is 1.95 bits per heavy atom. The van der Waals surface area contributed by atoms with Crippen molar-refractivity contribution >= 4 is 21.4 Å². The molecule has 1 rings (SSSR count). The lowest BCUT2D eigenvalue weighted by Gasteiger charge is -2.14. The van der Waals surface area contributed by atoms with Crippen molar-refractivity contribution < 1.29 is 17.9 Å². The summed E-state index contributed by atoms with van der Waals surface area (Å²) < 4.78 is 27.4. The molecule has 0 saturated heterocycles. The third-order valence-electron chi connectivity index (χ3n) is 2.20. The summed E-state index contributed by atoms with van der Waals surface area (Å²) in [5.41, 5.74) is 5.74. The second-order valence-corrected chi connectivity index (χ2v) is 6.60. The van der Waals surface area contributed by atoms with E-state index in [9.17, 15) is 13.2 Å². The summed E-state index contributed by atoms with van der Waals surface area (Å²) in [6.07, 6.45) is 1.20. The van der Waals surface area contributed by atoms with E-state index in [4.69, 9.17) is 10.5 Å². The van der Waals surface area contributed by atoms with Crippen LogP contribution in [-0.2, 0) is 14.6 Å². The summed E-state index contributed by atoms with van der Waals surface area (Å²) in [5, 5.41) is 3.06. The molecule has 1 amide bonds. The van der Waals surface area contributed by atoms with Crippen molar-refractivity contribution in [3.05, 3.63) is 24.3 Å². The minimum Gasteiger partial charge on any atom is -0.484 e. The topological polar surface area (TPSA) is 98.5 Å². The molecule has 0 saturated carbocycles. The lowest BCUT2D eigenvalue weighted by atomic mass is 10.2. The highest BCUT2D eigenvalue weighted by atomic mass is 32.2. The number of anilines is 1. The average Bonchev–Trinajstić information content (AvgIpc) is 2.25. The molecule has 6 nitrogen and oxygen atoms in total. The molecule has 106 valence electrons. The average molecular weight is 286 g/mol. The number of primary amides is 1. The minimum absolute atomic E-state index is 0.0624. The Morgan fingerprint density at radius 3 is 2.42 bits per heavy atom. The van der Waals surface area contributed by atoms with Gasteiger partial charge in [0.2, 0.25) is 0 Å². The maximum atomic E-state index is 11.1. The lowest BCUT2D eigenvalue weighted by Crippen LogP contribution is -2.24. The number of hydrogen-bond donors (Lipinski definition) is 2. The van der Waals surface area contributed by atoms with E-state index in [1.165, 1.54) is 6.26 Å². The molecule has 1 atom stereocenters. The molecule has 0 bridgehead atoms. The number of carbonyl (C=O) groups is 1. The zero-order valence-corrected chi connectivity index (χ0v) is 11.7. The molecule has 0 radical (unpaired) electrons. The van der Waals surface area contributed by atoms with Gasteiger partial charge in [-0.25, -0.2) is 8.42 Å². The van der Waals surface area contributed by atoms with Crippen LogP contribution in [0.2, 0.25) is 0 Å².